The van der Waals surface area contributed by atoms with Crippen molar-refractivity contribution in [1.29, 1.82) is 4.78 Å². The van der Waals surface area contributed by atoms with Gasteiger partial charge in [0, 0.05) is 21.2 Å². The van der Waals surface area contributed by atoms with Crippen LogP contribution in [0.25, 0.3) is 0 Å². The molecule has 0 aliphatic rings. The molecule has 0 saturated carbocycles. The van der Waals surface area contributed by atoms with Gasteiger partial charge in [-0.2, -0.15) is 0 Å². The molecule has 0 bridgehead atoms. The maximum absolute atomic E-state index is 11.7. The number of nitrogens with one attached hydrogen (secondary N) is 1. The van der Waals surface area contributed by atoms with Crippen molar-refractivity contribution < 1.29 is 4.21 Å². The van der Waals surface area contributed by atoms with Gasteiger partial charge in [0.1, 0.15) is 0 Å². The Morgan fingerprint density at radius 1 is 1.31 bits per heavy atom. The van der Waals surface area contributed by atoms with E-state index in [4.69, 9.17) is 4.78 Å². The Balaban J connectivity index is 3.95. The molecule has 1 N–H and O–H groups in total. The fraction of sp³-hybridized carbons (Fsp3) is 1.00. The molecular weight excluding hydrogens is 182 g/mol. The fourth-order valence-electron chi connectivity index (χ4n) is 1.09. The number of hydrogen-bond acceptors (Lipinski definition) is 2. The van der Waals surface area contributed by atoms with Crippen molar-refractivity contribution in [2.75, 3.05) is 11.5 Å². The average molecular weight is 205 g/mol. The van der Waals surface area contributed by atoms with Gasteiger partial charge in [-0.15, -0.1) is 0 Å². The summed E-state index contributed by atoms with van der Waals surface area (Å²) in [5, 5.41) is 0. The van der Waals surface area contributed by atoms with E-state index >= 15 is 0 Å². The minimum atomic E-state index is -2.29. The quantitative estimate of drug-likeness (QED) is 0.711. The van der Waals surface area contributed by atoms with Gasteiger partial charge in [0.05, 0.1) is 0 Å². The van der Waals surface area contributed by atoms with Crippen molar-refractivity contribution in [2.45, 2.75) is 40.5 Å². The highest BCUT2D eigenvalue weighted by Crippen LogP contribution is 2.10. The van der Waals surface area contributed by atoms with E-state index < -0.39 is 9.73 Å². The van der Waals surface area contributed by atoms with Crippen LogP contribution in [0.5, 0.6) is 0 Å². The van der Waals surface area contributed by atoms with Gasteiger partial charge in [-0.3, -0.25) is 4.78 Å². The van der Waals surface area contributed by atoms with Crippen molar-refractivity contribution in [3.8, 4) is 0 Å². The van der Waals surface area contributed by atoms with E-state index in [0.717, 1.165) is 12.8 Å². The van der Waals surface area contributed by atoms with Crippen LogP contribution in [0.1, 0.15) is 40.5 Å². The molecular formula is C10H23NOS. The van der Waals surface area contributed by atoms with E-state index in [9.17, 15) is 4.21 Å². The topological polar surface area (TPSA) is 40.9 Å². The molecule has 2 nitrogen and oxygen atoms in total. The van der Waals surface area contributed by atoms with Crippen LogP contribution in [0.15, 0.2) is 0 Å². The van der Waals surface area contributed by atoms with E-state index in [-0.39, 0.29) is 0 Å². The monoisotopic (exact) mass is 205 g/mol. The summed E-state index contributed by atoms with van der Waals surface area (Å²) in [5.41, 5.74) is 0. The first-order valence-electron chi connectivity index (χ1n) is 5.11. The Kier molecular flexibility index (Phi) is 5.61. The zero-order chi connectivity index (χ0) is 10.5. The lowest BCUT2D eigenvalue weighted by Gasteiger charge is -2.12. The SMILES string of the molecule is CC[C@@H](C)C[S@@](=N)(=O)CCC(C)C. The van der Waals surface area contributed by atoms with Crippen molar-refractivity contribution in [1.82, 2.24) is 0 Å². The first-order valence-corrected chi connectivity index (χ1v) is 7.01. The van der Waals surface area contributed by atoms with Crippen LogP contribution >= 0.6 is 0 Å². The van der Waals surface area contributed by atoms with Gasteiger partial charge in [-0.05, 0) is 18.3 Å². The third-order valence-electron chi connectivity index (χ3n) is 2.28. The summed E-state index contributed by atoms with van der Waals surface area (Å²) < 4.78 is 19.4. The average Bonchev–Trinajstić information content (AvgIpc) is 2.00. The second-order valence-electron chi connectivity index (χ2n) is 4.38. The van der Waals surface area contributed by atoms with E-state index in [0.29, 0.717) is 23.3 Å². The zero-order valence-electron chi connectivity index (χ0n) is 9.30. The summed E-state index contributed by atoms with van der Waals surface area (Å²) in [7, 11) is -2.29. The number of hydrogen-bond donors (Lipinski definition) is 1. The van der Waals surface area contributed by atoms with E-state index in [1.807, 2.05) is 0 Å². The molecule has 0 spiro atoms. The molecule has 0 aliphatic heterocycles. The zero-order valence-corrected chi connectivity index (χ0v) is 10.1. The van der Waals surface area contributed by atoms with Crippen molar-refractivity contribution in [3.05, 3.63) is 0 Å². The van der Waals surface area contributed by atoms with Crippen molar-refractivity contribution in [3.63, 3.8) is 0 Å². The van der Waals surface area contributed by atoms with E-state index in [1.165, 1.54) is 0 Å². The number of rotatable bonds is 6. The van der Waals surface area contributed by atoms with Crippen molar-refractivity contribution >= 4 is 9.73 Å². The standard InChI is InChI=1S/C10H23NOS/c1-5-10(4)8-13(11,12)7-6-9(2)3/h9-11H,5-8H2,1-4H3/t10-,13+/m1/s1. The smallest absolute Gasteiger partial charge is 0.0444 e. The largest absolute Gasteiger partial charge is 0.253 e. The van der Waals surface area contributed by atoms with Crippen LogP contribution in [0.4, 0.5) is 0 Å². The summed E-state index contributed by atoms with van der Waals surface area (Å²) in [6.45, 7) is 8.38. The van der Waals surface area contributed by atoms with Gasteiger partial charge >= 0.3 is 0 Å². The molecule has 80 valence electrons. The molecule has 3 heteroatoms. The molecule has 0 aromatic rings. The summed E-state index contributed by atoms with van der Waals surface area (Å²) in [4.78, 5) is 0. The van der Waals surface area contributed by atoms with Gasteiger partial charge in [-0.25, -0.2) is 4.21 Å². The maximum Gasteiger partial charge on any atom is 0.0444 e. The van der Waals surface area contributed by atoms with Crippen LogP contribution in [0.3, 0.4) is 0 Å². The molecule has 0 heterocycles. The molecule has 0 saturated heterocycles. The molecule has 0 aliphatic carbocycles. The minimum absolute atomic E-state index is 0.428. The summed E-state index contributed by atoms with van der Waals surface area (Å²) in [6, 6.07) is 0. The van der Waals surface area contributed by atoms with Crippen molar-refractivity contribution in [2.24, 2.45) is 11.8 Å². The van der Waals surface area contributed by atoms with Gasteiger partial charge < -0.3 is 0 Å². The summed E-state index contributed by atoms with van der Waals surface area (Å²) >= 11 is 0. The van der Waals surface area contributed by atoms with Gasteiger partial charge in [0.15, 0.2) is 0 Å². The van der Waals surface area contributed by atoms with Gasteiger partial charge in [0.25, 0.3) is 0 Å². The molecule has 13 heavy (non-hydrogen) atoms. The lowest BCUT2D eigenvalue weighted by atomic mass is 10.2. The Labute approximate surface area is 83.1 Å². The third-order valence-corrected chi connectivity index (χ3v) is 4.28. The Morgan fingerprint density at radius 2 is 1.85 bits per heavy atom. The molecule has 2 atom stereocenters. The Morgan fingerprint density at radius 3 is 2.23 bits per heavy atom. The molecule has 0 amide bonds. The summed E-state index contributed by atoms with van der Waals surface area (Å²) in [5.74, 6) is 2.14. The van der Waals surface area contributed by atoms with Crippen LogP contribution < -0.4 is 0 Å². The predicted octanol–water partition coefficient (Wildman–Crippen LogP) is 3.13. The molecule has 0 aromatic heterocycles. The molecule has 0 unspecified atom stereocenters. The van der Waals surface area contributed by atoms with Crippen LogP contribution in [0.2, 0.25) is 0 Å². The minimum Gasteiger partial charge on any atom is -0.253 e. The molecule has 0 radical (unpaired) electrons. The second-order valence-corrected chi connectivity index (χ2v) is 6.74. The highest BCUT2D eigenvalue weighted by atomic mass is 32.2. The first-order chi connectivity index (χ1) is 5.87. The third kappa shape index (κ3) is 7.05. The normalized spacial score (nSPS) is 18.5. The molecule has 0 rings (SSSR count). The second kappa shape index (κ2) is 5.63. The Hall–Kier alpha value is -0.0500. The predicted molar refractivity (Wildman–Crippen MR) is 59.5 cm³/mol. The lowest BCUT2D eigenvalue weighted by molar-refractivity contribution is 0.593. The van der Waals surface area contributed by atoms with Crippen LogP contribution in [-0.2, 0) is 9.73 Å². The molecule has 0 fully saturated rings. The molecule has 0 aromatic carbocycles. The Bertz CT molecular complexity index is 219. The summed E-state index contributed by atoms with van der Waals surface area (Å²) in [6.07, 6.45) is 1.94. The van der Waals surface area contributed by atoms with Gasteiger partial charge in [0.2, 0.25) is 0 Å². The highest BCUT2D eigenvalue weighted by molar-refractivity contribution is 7.92. The van der Waals surface area contributed by atoms with Crippen LogP contribution in [0, 0.1) is 16.6 Å². The fourth-order valence-corrected chi connectivity index (χ4v) is 3.26. The van der Waals surface area contributed by atoms with Crippen LogP contribution in [-0.4, -0.2) is 15.7 Å². The van der Waals surface area contributed by atoms with Gasteiger partial charge in [-0.1, -0.05) is 34.1 Å². The lowest BCUT2D eigenvalue weighted by Crippen LogP contribution is -2.16. The maximum atomic E-state index is 11.7. The first kappa shape index (κ1) is 12.9. The highest BCUT2D eigenvalue weighted by Gasteiger charge is 2.11. The van der Waals surface area contributed by atoms with E-state index in [2.05, 4.69) is 27.7 Å². The van der Waals surface area contributed by atoms with E-state index in [1.54, 1.807) is 0 Å².